The van der Waals surface area contributed by atoms with Gasteiger partial charge in [-0.3, -0.25) is 24.0 Å². The van der Waals surface area contributed by atoms with E-state index in [1.807, 2.05) is 25.1 Å². The number of ether oxygens (including phenoxy) is 3. The van der Waals surface area contributed by atoms with E-state index in [4.69, 9.17) is 14.2 Å². The second-order valence-electron chi connectivity index (χ2n) is 15.3. The number of pyridine rings is 1. The Labute approximate surface area is 298 Å². The van der Waals surface area contributed by atoms with Crippen molar-refractivity contribution >= 4 is 44.6 Å². The fraction of sp³-hybridized carbons (Fsp3) is 0.639. The van der Waals surface area contributed by atoms with Gasteiger partial charge in [-0.1, -0.05) is 46.2 Å². The summed E-state index contributed by atoms with van der Waals surface area (Å²) in [6, 6.07) is 5.61. The maximum atomic E-state index is 14.7. The minimum atomic E-state index is -3.88. The van der Waals surface area contributed by atoms with Crippen LogP contribution in [0.2, 0.25) is 0 Å². The second kappa shape index (κ2) is 14.2. The van der Waals surface area contributed by atoms with Crippen molar-refractivity contribution < 1.29 is 41.8 Å². The first-order valence-electron chi connectivity index (χ1n) is 17.9. The third-order valence-corrected chi connectivity index (χ3v) is 12.3. The van der Waals surface area contributed by atoms with Crippen molar-refractivity contribution in [1.29, 1.82) is 0 Å². The number of rotatable bonds is 7. The van der Waals surface area contributed by atoms with Crippen LogP contribution in [-0.4, -0.2) is 91.0 Å². The normalized spacial score (nSPS) is 29.0. The quantitative estimate of drug-likeness (QED) is 0.383. The summed E-state index contributed by atoms with van der Waals surface area (Å²) >= 11 is 0. The number of aryl methyl sites for hydroxylation is 1. The van der Waals surface area contributed by atoms with Gasteiger partial charge in [-0.2, -0.15) is 0 Å². The summed E-state index contributed by atoms with van der Waals surface area (Å²) in [7, 11) is -2.47. The average molecular weight is 728 g/mol. The van der Waals surface area contributed by atoms with Gasteiger partial charge >= 0.3 is 6.09 Å². The number of carbonyl (C=O) groups is 4. The zero-order valence-corrected chi connectivity index (χ0v) is 30.7. The summed E-state index contributed by atoms with van der Waals surface area (Å²) in [6.07, 6.45) is 3.71. The van der Waals surface area contributed by atoms with E-state index in [1.165, 1.54) is 12.0 Å². The van der Waals surface area contributed by atoms with Crippen molar-refractivity contribution in [3.63, 3.8) is 0 Å². The first-order valence-corrected chi connectivity index (χ1v) is 19.4. The molecule has 4 amide bonds. The van der Waals surface area contributed by atoms with Gasteiger partial charge in [0.05, 0.1) is 11.9 Å². The Hall–Kier alpha value is -3.98. The van der Waals surface area contributed by atoms with Crippen LogP contribution in [0.1, 0.15) is 84.6 Å². The largest absolute Gasteiger partial charge is 0.469 e. The number of amides is 4. The lowest BCUT2D eigenvalue weighted by Gasteiger charge is -2.37. The number of benzene rings is 1. The van der Waals surface area contributed by atoms with Crippen molar-refractivity contribution in [2.24, 2.45) is 11.3 Å². The zero-order chi connectivity index (χ0) is 36.7. The minimum Gasteiger partial charge on any atom is -0.469 e. The Kier molecular flexibility index (Phi) is 10.3. The van der Waals surface area contributed by atoms with Crippen LogP contribution in [0.5, 0.6) is 5.88 Å². The molecule has 278 valence electrons. The molecule has 0 radical (unpaired) electrons. The van der Waals surface area contributed by atoms with E-state index in [9.17, 15) is 27.6 Å². The summed E-state index contributed by atoms with van der Waals surface area (Å²) < 4.78 is 45.6. The molecule has 15 heteroatoms. The number of hydrogen-bond acceptors (Lipinski definition) is 10. The predicted molar refractivity (Wildman–Crippen MR) is 187 cm³/mol. The van der Waals surface area contributed by atoms with Crippen LogP contribution in [0.25, 0.3) is 10.8 Å². The lowest BCUT2D eigenvalue weighted by atomic mass is 9.85. The molecule has 2 aliphatic heterocycles. The summed E-state index contributed by atoms with van der Waals surface area (Å²) in [6.45, 7) is 7.40. The van der Waals surface area contributed by atoms with Crippen molar-refractivity contribution in [2.75, 3.05) is 13.7 Å². The Balaban J connectivity index is 1.37. The number of hydrogen-bond donors (Lipinski definition) is 3. The van der Waals surface area contributed by atoms with Gasteiger partial charge in [0.25, 0.3) is 5.91 Å². The van der Waals surface area contributed by atoms with Gasteiger partial charge in [0.15, 0.2) is 6.23 Å². The summed E-state index contributed by atoms with van der Waals surface area (Å²) in [5.41, 5.74) is -1.21. The van der Waals surface area contributed by atoms with E-state index >= 15 is 0 Å². The molecular weight excluding hydrogens is 678 g/mol. The SMILES string of the molecule is CC[C@@H]1C[C@]1(NC(=O)[C@@H]1C[C@H]2Oc3nccc4ccc(cc34)CCCCCOC(=O)N[C@@H](C(C)(C)C)C(=O)N1C2OC)C(=O)NS(=O)(=O)C1CC1. The van der Waals surface area contributed by atoms with Crippen LogP contribution in [0.15, 0.2) is 30.5 Å². The van der Waals surface area contributed by atoms with E-state index in [-0.39, 0.29) is 25.4 Å². The van der Waals surface area contributed by atoms with Gasteiger partial charge in [0, 0.05) is 25.1 Å². The second-order valence-corrected chi connectivity index (χ2v) is 17.2. The molecule has 1 unspecified atom stereocenters. The Morgan fingerprint density at radius 3 is 2.57 bits per heavy atom. The topological polar surface area (TPSA) is 182 Å². The van der Waals surface area contributed by atoms with Crippen LogP contribution in [-0.2, 0) is 40.3 Å². The molecule has 3 heterocycles. The summed E-state index contributed by atoms with van der Waals surface area (Å²) in [5, 5.41) is 6.65. The highest BCUT2D eigenvalue weighted by molar-refractivity contribution is 7.91. The standard InChI is InChI=1S/C36H49N5O9S/c1-6-23-20-36(23,33(44)40-51(46,47)24-13-14-24)39-29(42)26-19-27-32(48-5)41(26)31(43)28(35(2,3)4)38-34(45)49-17-9-7-8-10-21-11-12-22-15-16-37-30(50-27)25(22)18-21/h11-12,15-16,18,23-24,26-28,32H,6-10,13-14,17,19-20H2,1-5H3,(H,38,45)(H,39,42)(H,40,44)/t23-,26+,27-,28-,32?,36-/m1/s1. The number of sulfonamides is 1. The van der Waals surface area contributed by atoms with Crippen LogP contribution < -0.4 is 20.1 Å². The Morgan fingerprint density at radius 1 is 1.14 bits per heavy atom. The Morgan fingerprint density at radius 2 is 1.90 bits per heavy atom. The molecule has 1 saturated heterocycles. The number of carbonyl (C=O) groups excluding carboxylic acids is 4. The highest BCUT2D eigenvalue weighted by Crippen LogP contribution is 2.47. The van der Waals surface area contributed by atoms with Crippen LogP contribution in [0, 0.1) is 11.3 Å². The lowest BCUT2D eigenvalue weighted by molar-refractivity contribution is -0.156. The number of nitrogens with zero attached hydrogens (tertiary/aromatic N) is 2. The molecule has 4 aliphatic rings. The molecule has 3 fully saturated rings. The monoisotopic (exact) mass is 727 g/mol. The molecule has 0 spiro atoms. The molecule has 2 saturated carbocycles. The van der Waals surface area contributed by atoms with Crippen LogP contribution in [0.3, 0.4) is 0 Å². The number of cyclic esters (lactones) is 1. The maximum Gasteiger partial charge on any atom is 0.407 e. The number of nitrogens with one attached hydrogen (secondary N) is 3. The first kappa shape index (κ1) is 36.8. The van der Waals surface area contributed by atoms with Gasteiger partial charge in [0.1, 0.15) is 23.7 Å². The molecule has 6 atom stereocenters. The van der Waals surface area contributed by atoms with E-state index in [1.54, 1.807) is 27.0 Å². The number of methoxy groups -OCH3 is 1. The molecular formula is C36H49N5O9S. The summed E-state index contributed by atoms with van der Waals surface area (Å²) in [5.74, 6) is -2.04. The molecule has 1 aromatic carbocycles. The van der Waals surface area contributed by atoms with Crippen molar-refractivity contribution in [2.45, 2.75) is 121 Å². The van der Waals surface area contributed by atoms with Gasteiger partial charge in [-0.25, -0.2) is 18.2 Å². The molecule has 3 N–H and O–H groups in total. The molecule has 14 nitrogen and oxygen atoms in total. The fourth-order valence-electron chi connectivity index (χ4n) is 7.30. The smallest absolute Gasteiger partial charge is 0.407 e. The highest BCUT2D eigenvalue weighted by atomic mass is 32.2. The predicted octanol–water partition coefficient (Wildman–Crippen LogP) is 3.32. The van der Waals surface area contributed by atoms with Crippen LogP contribution >= 0.6 is 0 Å². The Bertz CT molecular complexity index is 1790. The molecule has 2 aliphatic carbocycles. The zero-order valence-electron chi connectivity index (χ0n) is 29.9. The lowest BCUT2D eigenvalue weighted by Crippen LogP contribution is -2.62. The molecule has 1 aromatic heterocycles. The number of alkyl carbamates (subject to hydrolysis) is 1. The maximum absolute atomic E-state index is 14.7. The molecule has 2 aromatic rings. The van der Waals surface area contributed by atoms with Crippen molar-refractivity contribution in [1.82, 2.24) is 25.2 Å². The van der Waals surface area contributed by atoms with Gasteiger partial charge in [0.2, 0.25) is 27.7 Å². The number of fused-ring (bicyclic) bond motifs is 3. The van der Waals surface area contributed by atoms with E-state index in [2.05, 4.69) is 26.4 Å². The first-order chi connectivity index (χ1) is 24.2. The minimum absolute atomic E-state index is 0.0377. The molecule has 51 heavy (non-hydrogen) atoms. The fourth-order valence-corrected chi connectivity index (χ4v) is 8.66. The van der Waals surface area contributed by atoms with E-state index < -0.39 is 74.5 Å². The number of aromatic nitrogens is 1. The third kappa shape index (κ3) is 7.64. The van der Waals surface area contributed by atoms with Crippen molar-refractivity contribution in [3.05, 3.63) is 36.0 Å². The average Bonchev–Trinajstić information content (AvgIpc) is 4.01. The van der Waals surface area contributed by atoms with Crippen LogP contribution in [0.4, 0.5) is 4.79 Å². The van der Waals surface area contributed by atoms with Gasteiger partial charge in [-0.05, 0) is 79.4 Å². The van der Waals surface area contributed by atoms with E-state index in [0.29, 0.717) is 31.6 Å². The molecule has 6 rings (SSSR count). The van der Waals surface area contributed by atoms with Gasteiger partial charge in [-0.15, -0.1) is 0 Å². The third-order valence-electron chi connectivity index (χ3n) is 10.5. The van der Waals surface area contributed by atoms with Gasteiger partial charge < -0.3 is 24.8 Å². The van der Waals surface area contributed by atoms with E-state index in [0.717, 1.165) is 35.6 Å². The summed E-state index contributed by atoms with van der Waals surface area (Å²) in [4.78, 5) is 61.5. The van der Waals surface area contributed by atoms with Crippen molar-refractivity contribution in [3.8, 4) is 5.88 Å². The molecule has 4 bridgehead atoms. The highest BCUT2D eigenvalue weighted by Gasteiger charge is 2.63.